The van der Waals surface area contributed by atoms with Crippen LogP contribution in [0.5, 0.6) is 5.75 Å². The third-order valence-electron chi connectivity index (χ3n) is 2.24. The summed E-state index contributed by atoms with van der Waals surface area (Å²) in [6.45, 7) is 5.22. The van der Waals surface area contributed by atoms with E-state index in [0.29, 0.717) is 16.3 Å². The maximum Gasteiger partial charge on any atom is 0.160 e. The van der Waals surface area contributed by atoms with Crippen LogP contribution in [0, 0.1) is 13.8 Å². The molecular weight excluding hydrogens is 200 g/mol. The Morgan fingerprint density at radius 3 is 2.43 bits per heavy atom. The van der Waals surface area contributed by atoms with Gasteiger partial charge in [0.2, 0.25) is 0 Å². The first-order valence-corrected chi connectivity index (χ1v) is 4.71. The molecule has 3 heteroatoms. The van der Waals surface area contributed by atoms with E-state index in [0.717, 1.165) is 11.1 Å². The van der Waals surface area contributed by atoms with Crippen molar-refractivity contribution in [2.75, 3.05) is 7.11 Å². The average molecular weight is 213 g/mol. The van der Waals surface area contributed by atoms with Crippen LogP contribution in [-0.2, 0) is 0 Å². The molecule has 0 aliphatic heterocycles. The highest BCUT2D eigenvalue weighted by Gasteiger charge is 2.14. The zero-order valence-electron chi connectivity index (χ0n) is 8.77. The number of rotatable bonds is 2. The summed E-state index contributed by atoms with van der Waals surface area (Å²) in [6.07, 6.45) is 0. The molecule has 2 nitrogen and oxygen atoms in total. The van der Waals surface area contributed by atoms with Gasteiger partial charge in [-0.05, 0) is 38.0 Å². The van der Waals surface area contributed by atoms with Gasteiger partial charge >= 0.3 is 0 Å². The van der Waals surface area contributed by atoms with Crippen LogP contribution in [0.1, 0.15) is 28.4 Å². The topological polar surface area (TPSA) is 26.3 Å². The van der Waals surface area contributed by atoms with Crippen LogP contribution in [0.3, 0.4) is 0 Å². The van der Waals surface area contributed by atoms with Gasteiger partial charge in [0.05, 0.1) is 12.1 Å². The first-order chi connectivity index (χ1) is 6.49. The number of Topliss-reactive ketones (excluding diaryl/α,β-unsaturated/α-hetero) is 1. The molecule has 0 spiro atoms. The number of methoxy groups -OCH3 is 1. The fourth-order valence-corrected chi connectivity index (χ4v) is 1.80. The number of ketones is 1. The van der Waals surface area contributed by atoms with Gasteiger partial charge in [0.1, 0.15) is 5.75 Å². The third kappa shape index (κ3) is 1.75. The summed E-state index contributed by atoms with van der Waals surface area (Å²) >= 11 is 6.07. The first kappa shape index (κ1) is 11.1. The summed E-state index contributed by atoms with van der Waals surface area (Å²) in [5, 5.41) is 0.526. The van der Waals surface area contributed by atoms with E-state index in [1.54, 1.807) is 7.11 Å². The molecule has 0 N–H and O–H groups in total. The van der Waals surface area contributed by atoms with Crippen molar-refractivity contribution in [3.05, 3.63) is 27.8 Å². The van der Waals surface area contributed by atoms with Gasteiger partial charge in [-0.2, -0.15) is 0 Å². The Labute approximate surface area is 88.8 Å². The minimum Gasteiger partial charge on any atom is -0.495 e. The molecule has 14 heavy (non-hydrogen) atoms. The monoisotopic (exact) mass is 212 g/mol. The normalized spacial score (nSPS) is 10.1. The highest BCUT2D eigenvalue weighted by atomic mass is 35.5. The average Bonchev–Trinajstić information content (AvgIpc) is 2.12. The minimum absolute atomic E-state index is 0.0233. The van der Waals surface area contributed by atoms with Gasteiger partial charge in [0, 0.05) is 5.56 Å². The Morgan fingerprint density at radius 2 is 2.00 bits per heavy atom. The molecular formula is C11H13ClO2. The number of hydrogen-bond donors (Lipinski definition) is 0. The van der Waals surface area contributed by atoms with Crippen molar-refractivity contribution in [3.63, 3.8) is 0 Å². The molecule has 0 heterocycles. The summed E-state index contributed by atoms with van der Waals surface area (Å²) in [5.74, 6) is 0.671. The van der Waals surface area contributed by atoms with E-state index in [2.05, 4.69) is 0 Å². The third-order valence-corrected chi connectivity index (χ3v) is 2.69. The second kappa shape index (κ2) is 4.01. The predicted molar refractivity (Wildman–Crippen MR) is 57.5 cm³/mol. The van der Waals surface area contributed by atoms with Crippen LogP contribution in [0.15, 0.2) is 6.07 Å². The standard InChI is InChI=1S/C11H13ClO2/c1-6-5-9(8(3)13)7(2)10(12)11(6)14-4/h5H,1-4H3. The Morgan fingerprint density at radius 1 is 1.43 bits per heavy atom. The maximum atomic E-state index is 11.3. The van der Waals surface area contributed by atoms with Crippen molar-refractivity contribution in [1.82, 2.24) is 0 Å². The molecule has 0 atom stereocenters. The number of hydrogen-bond acceptors (Lipinski definition) is 2. The molecule has 0 saturated heterocycles. The molecule has 0 amide bonds. The lowest BCUT2D eigenvalue weighted by Crippen LogP contribution is -2.00. The van der Waals surface area contributed by atoms with Gasteiger partial charge < -0.3 is 4.74 Å². The van der Waals surface area contributed by atoms with E-state index in [9.17, 15) is 4.79 Å². The quantitative estimate of drug-likeness (QED) is 0.704. The molecule has 1 aromatic carbocycles. The van der Waals surface area contributed by atoms with E-state index in [1.165, 1.54) is 6.92 Å². The van der Waals surface area contributed by atoms with E-state index in [-0.39, 0.29) is 5.78 Å². The molecule has 0 saturated carbocycles. The smallest absolute Gasteiger partial charge is 0.160 e. The molecule has 1 aromatic rings. The van der Waals surface area contributed by atoms with E-state index in [4.69, 9.17) is 16.3 Å². The van der Waals surface area contributed by atoms with Crippen molar-refractivity contribution in [2.24, 2.45) is 0 Å². The molecule has 0 bridgehead atoms. The van der Waals surface area contributed by atoms with Crippen molar-refractivity contribution < 1.29 is 9.53 Å². The van der Waals surface area contributed by atoms with E-state index >= 15 is 0 Å². The highest BCUT2D eigenvalue weighted by molar-refractivity contribution is 6.33. The van der Waals surface area contributed by atoms with Gasteiger partial charge in [-0.3, -0.25) is 4.79 Å². The Kier molecular flexibility index (Phi) is 3.17. The molecule has 0 fully saturated rings. The molecule has 0 radical (unpaired) electrons. The van der Waals surface area contributed by atoms with Crippen LogP contribution in [-0.4, -0.2) is 12.9 Å². The van der Waals surface area contributed by atoms with Gasteiger partial charge in [0.25, 0.3) is 0 Å². The van der Waals surface area contributed by atoms with Crippen molar-refractivity contribution in [1.29, 1.82) is 0 Å². The molecule has 0 aromatic heterocycles. The number of halogens is 1. The number of benzene rings is 1. The summed E-state index contributed by atoms with van der Waals surface area (Å²) < 4.78 is 5.15. The van der Waals surface area contributed by atoms with Gasteiger partial charge in [-0.15, -0.1) is 0 Å². The molecule has 1 rings (SSSR count). The van der Waals surface area contributed by atoms with Crippen LogP contribution in [0.2, 0.25) is 5.02 Å². The fraction of sp³-hybridized carbons (Fsp3) is 0.364. The van der Waals surface area contributed by atoms with Gasteiger partial charge in [0.15, 0.2) is 5.78 Å². The lowest BCUT2D eigenvalue weighted by molar-refractivity contribution is 0.101. The SMILES string of the molecule is COc1c(C)cc(C(C)=O)c(C)c1Cl. The molecule has 76 valence electrons. The Hall–Kier alpha value is -1.02. The number of carbonyl (C=O) groups excluding carboxylic acids is 1. The van der Waals surface area contributed by atoms with Crippen LogP contribution >= 0.6 is 11.6 Å². The van der Waals surface area contributed by atoms with Crippen molar-refractivity contribution in [2.45, 2.75) is 20.8 Å². The second-order valence-corrected chi connectivity index (χ2v) is 3.65. The van der Waals surface area contributed by atoms with Crippen LogP contribution in [0.25, 0.3) is 0 Å². The van der Waals surface area contributed by atoms with E-state index in [1.807, 2.05) is 19.9 Å². The largest absolute Gasteiger partial charge is 0.495 e. The number of carbonyl (C=O) groups is 1. The van der Waals surface area contributed by atoms with Crippen LogP contribution < -0.4 is 4.74 Å². The summed E-state index contributed by atoms with van der Waals surface area (Å²) in [6, 6.07) is 1.81. The lowest BCUT2D eigenvalue weighted by Gasteiger charge is -2.12. The van der Waals surface area contributed by atoms with Crippen molar-refractivity contribution in [3.8, 4) is 5.75 Å². The lowest BCUT2D eigenvalue weighted by atomic mass is 10.0. The first-order valence-electron chi connectivity index (χ1n) is 4.33. The van der Waals surface area contributed by atoms with Gasteiger partial charge in [-0.1, -0.05) is 11.6 Å². The number of ether oxygens (including phenoxy) is 1. The number of aryl methyl sites for hydroxylation is 1. The second-order valence-electron chi connectivity index (χ2n) is 3.27. The zero-order valence-corrected chi connectivity index (χ0v) is 9.53. The van der Waals surface area contributed by atoms with Crippen molar-refractivity contribution >= 4 is 17.4 Å². The Bertz CT molecular complexity index is 383. The highest BCUT2D eigenvalue weighted by Crippen LogP contribution is 2.33. The molecule has 0 unspecified atom stereocenters. The summed E-state index contributed by atoms with van der Waals surface area (Å²) in [7, 11) is 1.57. The van der Waals surface area contributed by atoms with Gasteiger partial charge in [-0.25, -0.2) is 0 Å². The Balaban J connectivity index is 3.47. The molecule has 0 aliphatic carbocycles. The summed E-state index contributed by atoms with van der Waals surface area (Å²) in [5.41, 5.74) is 2.32. The zero-order chi connectivity index (χ0) is 10.9. The fourth-order valence-electron chi connectivity index (χ4n) is 1.47. The maximum absolute atomic E-state index is 11.3. The predicted octanol–water partition coefficient (Wildman–Crippen LogP) is 3.17. The molecule has 0 aliphatic rings. The van der Waals surface area contributed by atoms with E-state index < -0.39 is 0 Å². The minimum atomic E-state index is 0.0233. The van der Waals surface area contributed by atoms with Crippen LogP contribution in [0.4, 0.5) is 0 Å². The summed E-state index contributed by atoms with van der Waals surface area (Å²) in [4.78, 5) is 11.3.